The van der Waals surface area contributed by atoms with E-state index in [1.165, 1.54) is 82.0 Å². The lowest BCUT2D eigenvalue weighted by atomic mass is 9.75. The third-order valence-corrected chi connectivity index (χ3v) is 18.3. The van der Waals surface area contributed by atoms with Gasteiger partial charge in [-0.3, -0.25) is 0 Å². The van der Waals surface area contributed by atoms with Gasteiger partial charge in [-0.1, -0.05) is 264 Å². The average molecular weight is 1170 g/mol. The molecule has 13 aromatic rings. The predicted molar refractivity (Wildman–Crippen MR) is 392 cm³/mol. The second-order valence-corrected chi connectivity index (χ2v) is 28.5. The van der Waals surface area contributed by atoms with Crippen molar-refractivity contribution in [2.24, 2.45) is 0 Å². The lowest BCUT2D eigenvalue weighted by Crippen LogP contribution is -2.21. The molecule has 0 unspecified atom stereocenters. The van der Waals surface area contributed by atoms with Crippen LogP contribution in [0.3, 0.4) is 0 Å². The number of nitrogens with zero attached hydrogens (tertiary/aromatic N) is 2. The Bertz CT molecular complexity index is 4680. The van der Waals surface area contributed by atoms with Crippen molar-refractivity contribution in [1.82, 2.24) is 0 Å². The van der Waals surface area contributed by atoms with E-state index >= 15 is 0 Å². The minimum Gasteiger partial charge on any atom is -0.311 e. The molecule has 90 heavy (non-hydrogen) atoms. The van der Waals surface area contributed by atoms with E-state index in [1.54, 1.807) is 0 Å². The summed E-state index contributed by atoms with van der Waals surface area (Å²) < 4.78 is 0. The van der Waals surface area contributed by atoms with Crippen LogP contribution in [0, 0.1) is 0 Å². The Morgan fingerprint density at radius 1 is 0.267 bits per heavy atom. The molecule has 0 saturated heterocycles. The highest BCUT2D eigenvalue weighted by molar-refractivity contribution is 6.33. The molecule has 0 aromatic heterocycles. The summed E-state index contributed by atoms with van der Waals surface area (Å²) in [6.45, 7) is 26.0. The number of rotatable bonds is 14. The zero-order valence-electron chi connectivity index (χ0n) is 54.2. The van der Waals surface area contributed by atoms with Gasteiger partial charge in [-0.05, 0) is 229 Å². The third kappa shape index (κ3) is 12.2. The Morgan fingerprint density at radius 3 is 0.822 bits per heavy atom. The van der Waals surface area contributed by atoms with Gasteiger partial charge in [0.15, 0.2) is 0 Å². The molecule has 0 spiro atoms. The number of para-hydroxylation sites is 3. The predicted octanol–water partition coefficient (Wildman–Crippen LogP) is 25.1. The number of fused-ring (bicyclic) bond motifs is 2. The largest absolute Gasteiger partial charge is 0.311 e. The van der Waals surface area contributed by atoms with Crippen molar-refractivity contribution >= 4 is 102 Å². The Labute approximate surface area is 534 Å². The molecule has 0 heterocycles. The highest BCUT2D eigenvalue weighted by atomic mass is 15.1. The fourth-order valence-electron chi connectivity index (χ4n) is 13.0. The van der Waals surface area contributed by atoms with E-state index in [9.17, 15) is 0 Å². The summed E-state index contributed by atoms with van der Waals surface area (Å²) in [6, 6.07) is 96.5. The maximum absolute atomic E-state index is 2.55. The van der Waals surface area contributed by atoms with Crippen molar-refractivity contribution < 1.29 is 0 Å². The summed E-state index contributed by atoms with van der Waals surface area (Å²) in [5.41, 5.74) is 20.4. The summed E-state index contributed by atoms with van der Waals surface area (Å²) in [5, 5.41) is 10.9. The van der Waals surface area contributed by atoms with Gasteiger partial charge in [0.2, 0.25) is 0 Å². The average Bonchev–Trinajstić information content (AvgIpc) is 0.705. The van der Waals surface area contributed by atoms with Crippen molar-refractivity contribution in [3.63, 3.8) is 0 Å². The Morgan fingerprint density at radius 2 is 0.522 bits per heavy atom. The highest BCUT2D eigenvalue weighted by Gasteiger charge is 2.28. The topological polar surface area (TPSA) is 6.48 Å². The molecule has 0 fully saturated rings. The molecule has 2 nitrogen and oxygen atoms in total. The summed E-state index contributed by atoms with van der Waals surface area (Å²) in [4.78, 5) is 4.65. The molecular formula is C88H82N2. The van der Waals surface area contributed by atoms with Gasteiger partial charge in [-0.15, -0.1) is 0 Å². The zero-order chi connectivity index (χ0) is 62.5. The molecule has 0 aliphatic carbocycles. The molecule has 0 amide bonds. The van der Waals surface area contributed by atoms with Gasteiger partial charge in [0.1, 0.15) is 0 Å². The van der Waals surface area contributed by atoms with E-state index in [1.807, 2.05) is 0 Å². The van der Waals surface area contributed by atoms with Crippen molar-refractivity contribution in [3.8, 4) is 11.1 Å². The molecule has 13 aromatic carbocycles. The first-order chi connectivity index (χ1) is 43.2. The van der Waals surface area contributed by atoms with Crippen LogP contribution in [0.2, 0.25) is 0 Å². The molecule has 2 heteroatoms. The normalized spacial score (nSPS) is 12.6. The summed E-state index contributed by atoms with van der Waals surface area (Å²) in [6.07, 6.45) is 9.67. The number of benzene rings is 13. The molecule has 0 bridgehead atoms. The number of hydrogen-bond acceptors (Lipinski definition) is 2. The van der Waals surface area contributed by atoms with E-state index in [0.29, 0.717) is 0 Å². The van der Waals surface area contributed by atoms with Gasteiger partial charge in [0.25, 0.3) is 0 Å². The standard InChI is InChI=1S/C88H82N2/c1-85(2,3)69-51-67-52-70(86(4,5)6)57-81-82-58-72(54-68-53-71(87(7,8)9)56-80(84(68)82)79(55-69)83(67)81)88(10,11)59-64-39-49-78(50-40-64)90(75-25-19-14-20-26-75)77-47-37-63(38-48-77)30-28-61-33-43-66(44-34-61)65-41-31-60(32-42-65)27-29-62-35-45-76(46-36-62)89(73-21-15-12-16-22-73)74-23-17-13-18-24-74/h12-58H,59H2,1-11H3/b29-27+,30-28+. The van der Waals surface area contributed by atoms with Crippen LogP contribution >= 0.6 is 0 Å². The fourth-order valence-corrected chi connectivity index (χ4v) is 13.0. The zero-order valence-corrected chi connectivity index (χ0v) is 54.2. The van der Waals surface area contributed by atoms with E-state index in [-0.39, 0.29) is 21.7 Å². The Balaban J connectivity index is 0.711. The van der Waals surface area contributed by atoms with Crippen LogP contribution in [-0.4, -0.2) is 0 Å². The van der Waals surface area contributed by atoms with Crippen molar-refractivity contribution in [3.05, 3.63) is 311 Å². The van der Waals surface area contributed by atoms with Gasteiger partial charge >= 0.3 is 0 Å². The molecule has 0 aliphatic heterocycles. The lowest BCUT2D eigenvalue weighted by molar-refractivity contribution is 0.523. The first kappa shape index (κ1) is 59.2. The number of anilines is 6. The Kier molecular flexibility index (Phi) is 15.6. The maximum atomic E-state index is 2.55. The molecule has 0 aliphatic rings. The van der Waals surface area contributed by atoms with Crippen LogP contribution in [0.4, 0.5) is 34.1 Å². The van der Waals surface area contributed by atoms with Crippen molar-refractivity contribution in [2.45, 2.75) is 104 Å². The summed E-state index contributed by atoms with van der Waals surface area (Å²) >= 11 is 0. The minimum atomic E-state index is -0.163. The van der Waals surface area contributed by atoms with Crippen LogP contribution < -0.4 is 9.80 Å². The van der Waals surface area contributed by atoms with E-state index in [4.69, 9.17) is 0 Å². The minimum absolute atomic E-state index is 0.00236. The van der Waals surface area contributed by atoms with Crippen LogP contribution in [0.25, 0.3) is 78.5 Å². The third-order valence-electron chi connectivity index (χ3n) is 18.3. The van der Waals surface area contributed by atoms with E-state index in [0.717, 1.165) is 62.8 Å². The van der Waals surface area contributed by atoms with Crippen LogP contribution in [0.15, 0.2) is 261 Å². The Hall–Kier alpha value is -9.76. The molecule has 13 rings (SSSR count). The van der Waals surface area contributed by atoms with Crippen LogP contribution in [0.1, 0.15) is 126 Å². The van der Waals surface area contributed by atoms with E-state index < -0.39 is 0 Å². The number of hydrogen-bond donors (Lipinski definition) is 0. The van der Waals surface area contributed by atoms with Gasteiger partial charge in [-0.2, -0.15) is 0 Å². The first-order valence-corrected chi connectivity index (χ1v) is 32.1. The van der Waals surface area contributed by atoms with Crippen molar-refractivity contribution in [1.29, 1.82) is 0 Å². The molecule has 0 N–H and O–H groups in total. The smallest absolute Gasteiger partial charge is 0.0462 e. The lowest BCUT2D eigenvalue weighted by Gasteiger charge is -2.30. The van der Waals surface area contributed by atoms with E-state index in [2.05, 4.69) is 371 Å². The van der Waals surface area contributed by atoms with Gasteiger partial charge < -0.3 is 9.80 Å². The molecule has 0 atom stereocenters. The second kappa shape index (κ2) is 23.6. The van der Waals surface area contributed by atoms with Crippen LogP contribution in [0.5, 0.6) is 0 Å². The first-order valence-electron chi connectivity index (χ1n) is 32.1. The van der Waals surface area contributed by atoms with Crippen molar-refractivity contribution in [2.75, 3.05) is 9.80 Å². The van der Waals surface area contributed by atoms with Gasteiger partial charge in [0.05, 0.1) is 0 Å². The molecule has 444 valence electrons. The monoisotopic (exact) mass is 1170 g/mol. The quantitative estimate of drug-likeness (QED) is 0.0608. The highest BCUT2D eigenvalue weighted by Crippen LogP contribution is 2.48. The second-order valence-electron chi connectivity index (χ2n) is 28.5. The molecule has 0 radical (unpaired) electrons. The molecular weight excluding hydrogens is 1080 g/mol. The van der Waals surface area contributed by atoms with Gasteiger partial charge in [0, 0.05) is 34.1 Å². The van der Waals surface area contributed by atoms with Gasteiger partial charge in [-0.25, -0.2) is 0 Å². The summed E-state index contributed by atoms with van der Waals surface area (Å²) in [7, 11) is 0. The van der Waals surface area contributed by atoms with Crippen LogP contribution in [-0.2, 0) is 28.1 Å². The molecule has 0 saturated carbocycles. The summed E-state index contributed by atoms with van der Waals surface area (Å²) in [5.74, 6) is 0. The fraction of sp³-hybridized carbons (Fsp3) is 0.182. The maximum Gasteiger partial charge on any atom is 0.0462 e. The SMILES string of the molecule is CC(C)(C)c1cc2cc(C(C)(C)C)cc3c4cc(C(C)(C)Cc5ccc(N(c6ccccc6)c6ccc(/C=C/c7ccc(-c8ccc(/C=C/c9ccc(N(c%10ccccc%10)c%10ccccc%10)cc9)cc8)cc7)cc6)cc5)cc5cc(C(C)(C)C)cc(c(c1)c23)c54.